The van der Waals surface area contributed by atoms with E-state index in [9.17, 15) is 0 Å². The maximum Gasteiger partial charge on any atom is 0.151 e. The number of rotatable bonds is 2. The molecule has 22 heavy (non-hydrogen) atoms. The Morgan fingerprint density at radius 1 is 1.05 bits per heavy atom. The molecule has 1 nitrogen and oxygen atoms in total. The Hall–Kier alpha value is -1.83. The van der Waals surface area contributed by atoms with Crippen LogP contribution in [-0.2, 0) is 0 Å². The average molecular weight is 311 g/mol. The van der Waals surface area contributed by atoms with Gasteiger partial charge in [-0.05, 0) is 30.7 Å². The molecule has 2 heteroatoms. The Kier molecular flexibility index (Phi) is 3.94. The van der Waals surface area contributed by atoms with Crippen LogP contribution in [0.1, 0.15) is 36.6 Å². The summed E-state index contributed by atoms with van der Waals surface area (Å²) in [7, 11) is 2.25. The second kappa shape index (κ2) is 5.75. The van der Waals surface area contributed by atoms with E-state index in [0.29, 0.717) is 0 Å². The van der Waals surface area contributed by atoms with E-state index in [0.717, 1.165) is 9.51 Å². The molecule has 1 heterocycles. The lowest BCUT2D eigenvalue weighted by Gasteiger charge is -2.42. The van der Waals surface area contributed by atoms with Crippen molar-refractivity contribution in [3.05, 3.63) is 88.2 Å². The van der Waals surface area contributed by atoms with Crippen molar-refractivity contribution in [1.82, 2.24) is 0 Å². The standard InChI is InChI=1S/C20H21ClN/c1-4-15(2)22(3)14-13-16-9-5-6-10-17(16)20(22)18-11-7-8-12-19(18)21/h4-14,20H,1-3H3/q+1. The normalized spacial score (nSPS) is 24.2. The maximum absolute atomic E-state index is 6.55. The van der Waals surface area contributed by atoms with Crippen LogP contribution in [0.5, 0.6) is 0 Å². The van der Waals surface area contributed by atoms with Gasteiger partial charge in [0.05, 0.1) is 12.1 Å². The van der Waals surface area contributed by atoms with Crippen molar-refractivity contribution in [2.75, 3.05) is 7.05 Å². The lowest BCUT2D eigenvalue weighted by molar-refractivity contribution is -0.847. The van der Waals surface area contributed by atoms with Crippen molar-refractivity contribution in [1.29, 1.82) is 0 Å². The summed E-state index contributed by atoms with van der Waals surface area (Å²) < 4.78 is 0.719. The minimum absolute atomic E-state index is 0.172. The first-order valence-electron chi connectivity index (χ1n) is 7.60. The summed E-state index contributed by atoms with van der Waals surface area (Å²) in [4.78, 5) is 0. The first-order valence-corrected chi connectivity index (χ1v) is 7.97. The number of allylic oxidation sites excluding steroid dienone is 2. The highest BCUT2D eigenvalue weighted by Gasteiger charge is 2.40. The van der Waals surface area contributed by atoms with Gasteiger partial charge in [0.25, 0.3) is 0 Å². The lowest BCUT2D eigenvalue weighted by Crippen LogP contribution is -2.42. The van der Waals surface area contributed by atoms with Gasteiger partial charge in [0.15, 0.2) is 6.04 Å². The smallest absolute Gasteiger partial charge is 0.151 e. The third-order valence-electron chi connectivity index (χ3n) is 4.77. The second-order valence-electron chi connectivity index (χ2n) is 5.95. The van der Waals surface area contributed by atoms with Gasteiger partial charge in [-0.25, -0.2) is 0 Å². The molecule has 0 spiro atoms. The minimum atomic E-state index is 0.172. The molecule has 0 bridgehead atoms. The summed E-state index contributed by atoms with van der Waals surface area (Å²) in [6, 6.07) is 16.9. The zero-order chi connectivity index (χ0) is 15.7. The predicted octanol–water partition coefficient (Wildman–Crippen LogP) is 5.78. The van der Waals surface area contributed by atoms with Crippen molar-refractivity contribution >= 4 is 17.7 Å². The zero-order valence-electron chi connectivity index (χ0n) is 13.3. The fourth-order valence-electron chi connectivity index (χ4n) is 3.27. The highest BCUT2D eigenvalue weighted by molar-refractivity contribution is 6.31. The van der Waals surface area contributed by atoms with E-state index in [4.69, 9.17) is 11.6 Å². The van der Waals surface area contributed by atoms with Crippen LogP contribution < -0.4 is 0 Å². The number of benzene rings is 2. The molecule has 0 saturated carbocycles. The average Bonchev–Trinajstić information content (AvgIpc) is 2.55. The number of quaternary nitrogens is 1. The van der Waals surface area contributed by atoms with Crippen molar-refractivity contribution < 1.29 is 4.48 Å². The van der Waals surface area contributed by atoms with Crippen LogP contribution >= 0.6 is 11.6 Å². The second-order valence-corrected chi connectivity index (χ2v) is 6.35. The van der Waals surface area contributed by atoms with Gasteiger partial charge in [0.2, 0.25) is 0 Å². The van der Waals surface area contributed by atoms with E-state index in [-0.39, 0.29) is 6.04 Å². The summed E-state index contributed by atoms with van der Waals surface area (Å²) in [5, 5.41) is 0.825. The first kappa shape index (κ1) is 15.1. The molecule has 0 fully saturated rings. The Morgan fingerprint density at radius 3 is 2.36 bits per heavy atom. The van der Waals surface area contributed by atoms with Gasteiger partial charge < -0.3 is 0 Å². The Morgan fingerprint density at radius 2 is 1.68 bits per heavy atom. The van der Waals surface area contributed by atoms with Gasteiger partial charge in [0, 0.05) is 18.1 Å². The van der Waals surface area contributed by atoms with Crippen molar-refractivity contribution in [3.63, 3.8) is 0 Å². The fourth-order valence-corrected chi connectivity index (χ4v) is 3.51. The molecule has 2 aromatic carbocycles. The van der Waals surface area contributed by atoms with E-state index in [1.165, 1.54) is 22.4 Å². The monoisotopic (exact) mass is 310 g/mol. The van der Waals surface area contributed by atoms with Crippen LogP contribution in [0.2, 0.25) is 5.02 Å². The molecular formula is C20H21ClN+. The summed E-state index contributed by atoms with van der Waals surface area (Å²) >= 11 is 6.55. The SMILES string of the molecule is CC=C(C)[N+]1(C)C=Cc2ccccc2C1c1ccccc1Cl. The Labute approximate surface area is 137 Å². The molecule has 2 atom stereocenters. The Bertz CT molecular complexity index is 760. The molecule has 1 aliphatic rings. The zero-order valence-corrected chi connectivity index (χ0v) is 14.0. The van der Waals surface area contributed by atoms with Gasteiger partial charge in [-0.1, -0.05) is 54.1 Å². The predicted molar refractivity (Wildman–Crippen MR) is 94.4 cm³/mol. The first-order chi connectivity index (χ1) is 10.6. The summed E-state index contributed by atoms with van der Waals surface area (Å²) in [6.45, 7) is 4.28. The summed E-state index contributed by atoms with van der Waals surface area (Å²) in [5.41, 5.74) is 5.06. The lowest BCUT2D eigenvalue weighted by atomic mass is 9.88. The minimum Gasteiger partial charge on any atom is -0.261 e. The van der Waals surface area contributed by atoms with Crippen LogP contribution in [0.4, 0.5) is 0 Å². The quantitative estimate of drug-likeness (QED) is 0.616. The number of hydrogen-bond donors (Lipinski definition) is 0. The molecule has 0 radical (unpaired) electrons. The van der Waals surface area contributed by atoms with E-state index in [2.05, 4.69) is 75.6 Å². The molecule has 112 valence electrons. The molecule has 0 amide bonds. The van der Waals surface area contributed by atoms with Gasteiger partial charge in [-0.2, -0.15) is 0 Å². The van der Waals surface area contributed by atoms with Crippen LogP contribution in [0.25, 0.3) is 6.08 Å². The molecule has 1 aliphatic heterocycles. The number of fused-ring (bicyclic) bond motifs is 1. The van der Waals surface area contributed by atoms with Crippen LogP contribution in [0, 0.1) is 0 Å². The number of halogens is 1. The van der Waals surface area contributed by atoms with E-state index >= 15 is 0 Å². The third-order valence-corrected chi connectivity index (χ3v) is 5.11. The van der Waals surface area contributed by atoms with Gasteiger partial charge in [0.1, 0.15) is 11.9 Å². The van der Waals surface area contributed by atoms with E-state index in [1.54, 1.807) is 0 Å². The topological polar surface area (TPSA) is 0 Å². The van der Waals surface area contributed by atoms with Gasteiger partial charge in [-0.15, -0.1) is 0 Å². The van der Waals surface area contributed by atoms with Crippen LogP contribution in [-0.4, -0.2) is 11.5 Å². The molecule has 2 unspecified atom stereocenters. The molecule has 3 rings (SSSR count). The van der Waals surface area contributed by atoms with Crippen molar-refractivity contribution in [2.24, 2.45) is 0 Å². The largest absolute Gasteiger partial charge is 0.261 e. The molecule has 2 aromatic rings. The van der Waals surface area contributed by atoms with Crippen molar-refractivity contribution in [3.8, 4) is 0 Å². The molecule has 0 saturated heterocycles. The highest BCUT2D eigenvalue weighted by atomic mass is 35.5. The fraction of sp³-hybridized carbons (Fsp3) is 0.200. The highest BCUT2D eigenvalue weighted by Crippen LogP contribution is 2.44. The molecule has 0 aromatic heterocycles. The maximum atomic E-state index is 6.55. The molecular weight excluding hydrogens is 290 g/mol. The summed E-state index contributed by atoms with van der Waals surface area (Å²) in [6.07, 6.45) is 6.67. The van der Waals surface area contributed by atoms with E-state index in [1.807, 2.05) is 12.1 Å². The number of nitrogens with zero attached hydrogens (tertiary/aromatic N) is 1. The van der Waals surface area contributed by atoms with E-state index < -0.39 is 0 Å². The van der Waals surface area contributed by atoms with Crippen LogP contribution in [0.3, 0.4) is 0 Å². The number of hydrogen-bond acceptors (Lipinski definition) is 0. The third kappa shape index (κ3) is 2.31. The Balaban J connectivity index is 2.29. The van der Waals surface area contributed by atoms with Crippen LogP contribution in [0.15, 0.2) is 66.5 Å². The molecule has 0 N–H and O–H groups in total. The van der Waals surface area contributed by atoms with Gasteiger partial charge >= 0.3 is 0 Å². The summed E-state index contributed by atoms with van der Waals surface area (Å²) in [5.74, 6) is 0. The van der Waals surface area contributed by atoms with Gasteiger partial charge in [-0.3, -0.25) is 4.48 Å². The van der Waals surface area contributed by atoms with Crippen molar-refractivity contribution in [2.45, 2.75) is 19.9 Å². The molecule has 0 aliphatic carbocycles.